The molecule has 4 heterocycles. The van der Waals surface area contributed by atoms with E-state index in [1.165, 1.54) is 0 Å². The Hall–Kier alpha value is -0.950. The molecule has 0 radical (unpaired) electrons. The number of allylic oxidation sites excluding steroid dienone is 1. The molecule has 4 fully saturated rings. The standard InChI is InChI=1S/C34H61O24P/c1-2-3-4-5-6-7-8-9-10-50-31-27(46)23(42)29(16(12-36)53-31)57-33-26(45)22(41)20(39)18(55-33)14-51-59(48,49)58-34-28(47)24(43)30(17(13-37)54-34)56-32-25(44)21(40)19(38)15(11-35)52-32/h2,15-47H,1,3-14H2,(H,48,49)/t15-,16-,17-,18-,19+,20+,21+,22+,23-,24-,25-,26-,27+,28+,29-,30-,31+,32+,33+,34-/m1/s1. The summed E-state index contributed by atoms with van der Waals surface area (Å²) in [6, 6.07) is 0. The first-order valence-corrected chi connectivity index (χ1v) is 20.9. The smallest absolute Gasteiger partial charge is 0.394 e. The largest absolute Gasteiger partial charge is 0.474 e. The van der Waals surface area contributed by atoms with Crippen LogP contribution in [0.5, 0.6) is 0 Å². The van der Waals surface area contributed by atoms with Crippen molar-refractivity contribution >= 4 is 7.82 Å². The van der Waals surface area contributed by atoms with Crippen LogP contribution in [-0.2, 0) is 46.8 Å². The fourth-order valence-corrected chi connectivity index (χ4v) is 7.78. The fourth-order valence-electron chi connectivity index (χ4n) is 6.95. The monoisotopic (exact) mass is 884 g/mol. The molecule has 4 aliphatic rings. The molecule has 1 unspecified atom stereocenters. The van der Waals surface area contributed by atoms with Crippen LogP contribution in [0.25, 0.3) is 0 Å². The molecule has 4 aliphatic heterocycles. The lowest BCUT2D eigenvalue weighted by Gasteiger charge is -2.46. The van der Waals surface area contributed by atoms with E-state index in [0.29, 0.717) is 6.42 Å². The van der Waals surface area contributed by atoms with Crippen LogP contribution in [0, 0.1) is 0 Å². The summed E-state index contributed by atoms with van der Waals surface area (Å²) >= 11 is 0. The van der Waals surface area contributed by atoms with Crippen molar-refractivity contribution in [3.63, 3.8) is 0 Å². The van der Waals surface area contributed by atoms with Gasteiger partial charge in [0.25, 0.3) is 0 Å². The molecule has 0 aromatic rings. The second kappa shape index (κ2) is 23.7. The van der Waals surface area contributed by atoms with Gasteiger partial charge in [0, 0.05) is 6.61 Å². The number of aliphatic hydroxyl groups is 13. The SMILES string of the molecule is C=CCCCCCCCCO[C@H]1O[C@H](CO)[C@@H](O[C@@H]2O[C@H](COP(=O)(O)O[C@H]3O[C@H](CO)[C@@H](O[C@@H]4O[C@H](CO)[C@H](O)[C@H](O)[C@H]4O)[C@H](O)[C@@H]3O)[C@H](O)[C@H](O)[C@H]2O)[C@H](O)[C@@H]1O. The second-order valence-corrected chi connectivity index (χ2v) is 16.2. The summed E-state index contributed by atoms with van der Waals surface area (Å²) in [6.45, 7) is 0.198. The molecule has 0 saturated carbocycles. The minimum Gasteiger partial charge on any atom is -0.394 e. The first-order valence-electron chi connectivity index (χ1n) is 19.4. The molecule has 14 N–H and O–H groups in total. The summed E-state index contributed by atoms with van der Waals surface area (Å²) in [5, 5.41) is 135. The fraction of sp³-hybridized carbons (Fsp3) is 0.941. The highest BCUT2D eigenvalue weighted by Gasteiger charge is 2.54. The highest BCUT2D eigenvalue weighted by Crippen LogP contribution is 2.47. The van der Waals surface area contributed by atoms with Gasteiger partial charge in [-0.05, 0) is 19.3 Å². The summed E-state index contributed by atoms with van der Waals surface area (Å²) in [6.07, 6.45) is -28.0. The third-order valence-electron chi connectivity index (χ3n) is 10.5. The van der Waals surface area contributed by atoms with Crippen LogP contribution in [0.15, 0.2) is 12.7 Å². The molecule has 4 saturated heterocycles. The molecule has 59 heavy (non-hydrogen) atoms. The van der Waals surface area contributed by atoms with Crippen molar-refractivity contribution in [1.82, 2.24) is 0 Å². The molecule has 0 bridgehead atoms. The molecule has 0 amide bonds. The zero-order valence-electron chi connectivity index (χ0n) is 32.1. The molecule has 0 spiro atoms. The van der Waals surface area contributed by atoms with E-state index in [0.717, 1.165) is 38.5 Å². The van der Waals surface area contributed by atoms with Crippen LogP contribution in [0.1, 0.15) is 44.9 Å². The Bertz CT molecular complexity index is 1280. The minimum atomic E-state index is -5.39. The first kappa shape index (κ1) is 50.7. The van der Waals surface area contributed by atoms with E-state index < -0.39 is 157 Å². The van der Waals surface area contributed by atoms with Crippen LogP contribution >= 0.6 is 7.82 Å². The van der Waals surface area contributed by atoms with Crippen LogP contribution in [0.4, 0.5) is 0 Å². The highest BCUT2D eigenvalue weighted by molar-refractivity contribution is 7.47. The van der Waals surface area contributed by atoms with Gasteiger partial charge in [0.1, 0.15) is 97.7 Å². The Morgan fingerprint density at radius 3 is 1.46 bits per heavy atom. The number of phosphoric ester groups is 1. The van der Waals surface area contributed by atoms with E-state index in [9.17, 15) is 75.8 Å². The summed E-state index contributed by atoms with van der Waals surface area (Å²) < 4.78 is 61.0. The molecule has 0 aromatic carbocycles. The number of ether oxygens (including phenoxy) is 7. The van der Waals surface area contributed by atoms with Gasteiger partial charge in [0.05, 0.1) is 26.4 Å². The maximum absolute atomic E-state index is 13.0. The average molecular weight is 885 g/mol. The van der Waals surface area contributed by atoms with Crippen LogP contribution in [0.3, 0.4) is 0 Å². The van der Waals surface area contributed by atoms with Gasteiger partial charge in [-0.3, -0.25) is 9.05 Å². The third-order valence-corrected chi connectivity index (χ3v) is 11.4. The predicted molar refractivity (Wildman–Crippen MR) is 191 cm³/mol. The Morgan fingerprint density at radius 1 is 0.508 bits per heavy atom. The number of aliphatic hydroxyl groups excluding tert-OH is 13. The third kappa shape index (κ3) is 13.1. The highest BCUT2D eigenvalue weighted by atomic mass is 31.2. The van der Waals surface area contributed by atoms with Crippen molar-refractivity contribution < 1.29 is 118 Å². The Labute approximate surface area is 339 Å². The van der Waals surface area contributed by atoms with Crippen molar-refractivity contribution in [2.75, 3.05) is 33.0 Å². The van der Waals surface area contributed by atoms with Gasteiger partial charge >= 0.3 is 7.82 Å². The number of hydrogen-bond acceptors (Lipinski definition) is 23. The second-order valence-electron chi connectivity index (χ2n) is 14.8. The van der Waals surface area contributed by atoms with Crippen molar-refractivity contribution in [2.45, 2.75) is 168 Å². The van der Waals surface area contributed by atoms with E-state index >= 15 is 0 Å². The van der Waals surface area contributed by atoms with E-state index in [1.54, 1.807) is 0 Å². The van der Waals surface area contributed by atoms with Gasteiger partial charge in [-0.1, -0.05) is 31.8 Å². The maximum Gasteiger partial charge on any atom is 0.474 e. The number of phosphoric acid groups is 1. The van der Waals surface area contributed by atoms with Gasteiger partial charge in [0.2, 0.25) is 0 Å². The van der Waals surface area contributed by atoms with Gasteiger partial charge in [-0.2, -0.15) is 0 Å². The Balaban J connectivity index is 1.30. The molecule has 4 rings (SSSR count). The van der Waals surface area contributed by atoms with Gasteiger partial charge in [-0.15, -0.1) is 6.58 Å². The Kier molecular flexibility index (Phi) is 20.3. The molecular formula is C34H61O24P. The lowest BCUT2D eigenvalue weighted by Crippen LogP contribution is -2.64. The number of hydrogen-bond donors (Lipinski definition) is 14. The first-order chi connectivity index (χ1) is 28.0. The molecule has 0 aromatic heterocycles. The molecule has 24 nitrogen and oxygen atoms in total. The lowest BCUT2D eigenvalue weighted by atomic mass is 9.97. The normalized spacial score (nSPS) is 44.2. The van der Waals surface area contributed by atoms with E-state index in [-0.39, 0.29) is 6.61 Å². The van der Waals surface area contributed by atoms with Crippen LogP contribution < -0.4 is 0 Å². The average Bonchev–Trinajstić information content (AvgIpc) is 3.21. The summed E-state index contributed by atoms with van der Waals surface area (Å²) in [5.41, 5.74) is 0. The van der Waals surface area contributed by atoms with E-state index in [1.807, 2.05) is 6.08 Å². The molecule has 0 aliphatic carbocycles. The van der Waals surface area contributed by atoms with Crippen molar-refractivity contribution in [2.24, 2.45) is 0 Å². The summed E-state index contributed by atoms with van der Waals surface area (Å²) in [4.78, 5) is 10.5. The summed E-state index contributed by atoms with van der Waals surface area (Å²) in [7, 11) is -5.39. The molecule has 346 valence electrons. The predicted octanol–water partition coefficient (Wildman–Crippen LogP) is -5.69. The summed E-state index contributed by atoms with van der Waals surface area (Å²) in [5.74, 6) is 0. The van der Waals surface area contributed by atoms with Crippen LogP contribution in [0.2, 0.25) is 0 Å². The van der Waals surface area contributed by atoms with E-state index in [4.69, 9.17) is 42.2 Å². The zero-order valence-corrected chi connectivity index (χ0v) is 33.0. The van der Waals surface area contributed by atoms with Crippen LogP contribution in [-0.4, -0.2) is 227 Å². The quantitative estimate of drug-likeness (QED) is 0.0274. The maximum atomic E-state index is 13.0. The molecule has 25 heteroatoms. The van der Waals surface area contributed by atoms with Gasteiger partial charge < -0.3 is 104 Å². The lowest BCUT2D eigenvalue weighted by molar-refractivity contribution is -0.359. The topological polar surface area (TPSA) is 383 Å². The number of unbranched alkanes of at least 4 members (excludes halogenated alkanes) is 6. The minimum absolute atomic E-state index is 0.175. The molecule has 21 atom stereocenters. The Morgan fingerprint density at radius 2 is 0.932 bits per heavy atom. The molecular weight excluding hydrogens is 823 g/mol. The van der Waals surface area contributed by atoms with Crippen molar-refractivity contribution in [3.05, 3.63) is 12.7 Å². The van der Waals surface area contributed by atoms with Gasteiger partial charge in [0.15, 0.2) is 25.2 Å². The number of rotatable bonds is 22. The van der Waals surface area contributed by atoms with Gasteiger partial charge in [-0.25, -0.2) is 4.57 Å². The zero-order chi connectivity index (χ0) is 43.6. The van der Waals surface area contributed by atoms with Crippen molar-refractivity contribution in [1.29, 1.82) is 0 Å². The van der Waals surface area contributed by atoms with E-state index in [2.05, 4.69) is 6.58 Å². The van der Waals surface area contributed by atoms with Crippen molar-refractivity contribution in [3.8, 4) is 0 Å².